The van der Waals surface area contributed by atoms with Gasteiger partial charge in [-0.2, -0.15) is 10.1 Å². The Labute approximate surface area is 169 Å². The predicted octanol–water partition coefficient (Wildman–Crippen LogP) is 5.23. The van der Waals surface area contributed by atoms with Crippen LogP contribution in [0.15, 0.2) is 70.4 Å². The van der Waals surface area contributed by atoms with Crippen LogP contribution in [0.25, 0.3) is 10.2 Å². The second-order valence-corrected chi connectivity index (χ2v) is 7.16. The van der Waals surface area contributed by atoms with Gasteiger partial charge in [0.05, 0.1) is 29.8 Å². The molecule has 2 aromatic carbocycles. The average Bonchev–Trinajstić information content (AvgIpc) is 3.37. The van der Waals surface area contributed by atoms with E-state index in [-0.39, 0.29) is 5.91 Å². The molecule has 0 saturated heterocycles. The van der Waals surface area contributed by atoms with Gasteiger partial charge in [-0.25, -0.2) is 4.98 Å². The largest absolute Gasteiger partial charge is 0.497 e. The van der Waals surface area contributed by atoms with E-state index < -0.39 is 0 Å². The van der Waals surface area contributed by atoms with Crippen LogP contribution in [-0.2, 0) is 0 Å². The number of carbonyl (C=O) groups is 1. The van der Waals surface area contributed by atoms with Gasteiger partial charge in [-0.15, -0.1) is 0 Å². The Kier molecular flexibility index (Phi) is 5.10. The van der Waals surface area contributed by atoms with Gasteiger partial charge in [0.25, 0.3) is 5.91 Å². The maximum absolute atomic E-state index is 13.1. The molecule has 0 saturated carbocycles. The van der Waals surface area contributed by atoms with Crippen LogP contribution in [0.4, 0.5) is 5.13 Å². The molecule has 0 unspecified atom stereocenters. The summed E-state index contributed by atoms with van der Waals surface area (Å²) in [4.78, 5) is 17.7. The second kappa shape index (κ2) is 7.84. The van der Waals surface area contributed by atoms with Gasteiger partial charge in [0.2, 0.25) is 5.13 Å². The quantitative estimate of drug-likeness (QED) is 0.333. The number of rotatable bonds is 5. The molecule has 0 aliphatic heterocycles. The Morgan fingerprint density at radius 1 is 1.25 bits per heavy atom. The molecule has 0 N–H and O–H groups in total. The van der Waals surface area contributed by atoms with E-state index in [1.165, 1.54) is 28.8 Å². The summed E-state index contributed by atoms with van der Waals surface area (Å²) in [6.45, 7) is 0. The molecule has 0 aliphatic rings. The highest BCUT2D eigenvalue weighted by molar-refractivity contribution is 7.22. The summed E-state index contributed by atoms with van der Waals surface area (Å²) in [7, 11) is 1.60. The number of fused-ring (bicyclic) bond motifs is 1. The summed E-state index contributed by atoms with van der Waals surface area (Å²) in [5.41, 5.74) is 1.15. The zero-order valence-corrected chi connectivity index (χ0v) is 16.3. The fourth-order valence-corrected chi connectivity index (χ4v) is 3.66. The fourth-order valence-electron chi connectivity index (χ4n) is 2.52. The first-order chi connectivity index (χ1) is 13.6. The van der Waals surface area contributed by atoms with Crippen molar-refractivity contribution in [2.45, 2.75) is 0 Å². The minimum absolute atomic E-state index is 0.351. The maximum atomic E-state index is 13.1. The third-order valence-corrected chi connectivity index (χ3v) is 5.10. The monoisotopic (exact) mass is 411 g/mol. The van der Waals surface area contributed by atoms with Gasteiger partial charge in [-0.05, 0) is 48.5 Å². The first kappa shape index (κ1) is 18.2. The van der Waals surface area contributed by atoms with Crippen LogP contribution in [0.5, 0.6) is 5.75 Å². The molecule has 2 aromatic heterocycles. The number of methoxy groups -OCH3 is 1. The van der Waals surface area contributed by atoms with Gasteiger partial charge < -0.3 is 9.15 Å². The molecule has 0 bridgehead atoms. The van der Waals surface area contributed by atoms with Crippen molar-refractivity contribution in [1.82, 2.24) is 4.98 Å². The minimum Gasteiger partial charge on any atom is -0.497 e. The minimum atomic E-state index is -0.351. The number of thiazole rings is 1. The molecule has 8 heteroatoms. The lowest BCUT2D eigenvalue weighted by Crippen LogP contribution is -2.25. The maximum Gasteiger partial charge on any atom is 0.280 e. The van der Waals surface area contributed by atoms with Crippen LogP contribution in [0.1, 0.15) is 16.1 Å². The van der Waals surface area contributed by atoms with Crippen molar-refractivity contribution in [2.75, 3.05) is 12.1 Å². The lowest BCUT2D eigenvalue weighted by Gasteiger charge is -2.13. The van der Waals surface area contributed by atoms with Crippen LogP contribution in [0.2, 0.25) is 5.02 Å². The average molecular weight is 412 g/mol. The molecular formula is C20H14ClN3O3S. The number of hydrogen-bond donors (Lipinski definition) is 0. The van der Waals surface area contributed by atoms with E-state index >= 15 is 0 Å². The lowest BCUT2D eigenvalue weighted by atomic mass is 10.2. The van der Waals surface area contributed by atoms with Crippen LogP contribution < -0.4 is 9.75 Å². The molecule has 6 nitrogen and oxygen atoms in total. The molecule has 1 amide bonds. The van der Waals surface area contributed by atoms with Crippen molar-refractivity contribution in [3.05, 3.63) is 77.2 Å². The third kappa shape index (κ3) is 3.76. The molecule has 0 spiro atoms. The molecular weight excluding hydrogens is 398 g/mol. The summed E-state index contributed by atoms with van der Waals surface area (Å²) in [6, 6.07) is 15.7. The van der Waals surface area contributed by atoms with Crippen molar-refractivity contribution in [3.8, 4) is 5.75 Å². The lowest BCUT2D eigenvalue weighted by molar-refractivity contribution is 0.0988. The first-order valence-corrected chi connectivity index (χ1v) is 9.45. The number of nitrogens with zero attached hydrogens (tertiary/aromatic N) is 3. The first-order valence-electron chi connectivity index (χ1n) is 8.26. The zero-order chi connectivity index (χ0) is 19.5. The van der Waals surface area contributed by atoms with Crippen molar-refractivity contribution in [2.24, 2.45) is 5.10 Å². The van der Waals surface area contributed by atoms with Gasteiger partial charge in [0, 0.05) is 10.6 Å². The van der Waals surface area contributed by atoms with Crippen LogP contribution >= 0.6 is 22.9 Å². The highest BCUT2D eigenvalue weighted by atomic mass is 35.5. The SMILES string of the molecule is COc1ccc2nc(N(/N=C\c3ccco3)C(=O)c3cccc(Cl)c3)sc2c1. The topological polar surface area (TPSA) is 67.9 Å². The Hall–Kier alpha value is -3.16. The van der Waals surface area contributed by atoms with E-state index in [1.54, 1.807) is 43.5 Å². The Morgan fingerprint density at radius 2 is 2.14 bits per heavy atom. The summed E-state index contributed by atoms with van der Waals surface area (Å²) >= 11 is 7.38. The number of carbonyl (C=O) groups excluding carboxylic acids is 1. The van der Waals surface area contributed by atoms with Crippen molar-refractivity contribution in [3.63, 3.8) is 0 Å². The summed E-state index contributed by atoms with van der Waals surface area (Å²) < 4.78 is 11.4. The van der Waals surface area contributed by atoms with Crippen LogP contribution in [-0.4, -0.2) is 24.2 Å². The third-order valence-electron chi connectivity index (χ3n) is 3.87. The van der Waals surface area contributed by atoms with E-state index in [4.69, 9.17) is 20.8 Å². The summed E-state index contributed by atoms with van der Waals surface area (Å²) in [5, 5.41) is 6.45. The smallest absolute Gasteiger partial charge is 0.280 e. The molecule has 0 atom stereocenters. The normalized spacial score (nSPS) is 11.2. The number of anilines is 1. The molecule has 2 heterocycles. The van der Waals surface area contributed by atoms with Crippen molar-refractivity contribution < 1.29 is 13.9 Å². The molecule has 0 radical (unpaired) electrons. The number of amides is 1. The number of ether oxygens (including phenoxy) is 1. The highest BCUT2D eigenvalue weighted by Crippen LogP contribution is 2.32. The molecule has 4 aromatic rings. The van der Waals surface area contributed by atoms with Gasteiger partial charge in [-0.1, -0.05) is 29.0 Å². The highest BCUT2D eigenvalue weighted by Gasteiger charge is 2.21. The van der Waals surface area contributed by atoms with Crippen molar-refractivity contribution in [1.29, 1.82) is 0 Å². The van der Waals surface area contributed by atoms with E-state index in [9.17, 15) is 4.79 Å². The molecule has 4 rings (SSSR count). The standard InChI is InChI=1S/C20H14ClN3O3S/c1-26-15-7-8-17-18(11-15)28-20(23-17)24(22-12-16-6-3-9-27-16)19(25)13-4-2-5-14(21)10-13/h2-12H,1H3/b22-12-. The number of halogens is 1. The molecule has 0 fully saturated rings. The molecule has 140 valence electrons. The van der Waals surface area contributed by atoms with Gasteiger partial charge in [0.1, 0.15) is 11.5 Å². The Balaban J connectivity index is 1.77. The number of benzene rings is 2. The van der Waals surface area contributed by atoms with E-state index in [2.05, 4.69) is 10.1 Å². The van der Waals surface area contributed by atoms with Crippen LogP contribution in [0, 0.1) is 0 Å². The Morgan fingerprint density at radius 3 is 2.89 bits per heavy atom. The van der Waals surface area contributed by atoms with Crippen LogP contribution in [0.3, 0.4) is 0 Å². The number of hydrogen-bond acceptors (Lipinski definition) is 6. The fraction of sp³-hybridized carbons (Fsp3) is 0.0500. The number of furan rings is 1. The summed E-state index contributed by atoms with van der Waals surface area (Å²) in [5.74, 6) is 0.887. The van der Waals surface area contributed by atoms with E-state index in [0.29, 0.717) is 21.5 Å². The molecule has 28 heavy (non-hydrogen) atoms. The van der Waals surface area contributed by atoms with E-state index in [1.807, 2.05) is 18.2 Å². The van der Waals surface area contributed by atoms with Crippen molar-refractivity contribution >= 4 is 50.4 Å². The Bertz CT molecular complexity index is 1150. The number of hydrazone groups is 1. The van der Waals surface area contributed by atoms with Gasteiger partial charge in [-0.3, -0.25) is 4.79 Å². The summed E-state index contributed by atoms with van der Waals surface area (Å²) in [6.07, 6.45) is 3.00. The second-order valence-electron chi connectivity index (χ2n) is 5.72. The van der Waals surface area contributed by atoms with E-state index in [0.717, 1.165) is 16.0 Å². The number of aromatic nitrogens is 1. The predicted molar refractivity (Wildman–Crippen MR) is 111 cm³/mol. The zero-order valence-electron chi connectivity index (χ0n) is 14.7. The van der Waals surface area contributed by atoms with Gasteiger partial charge in [0.15, 0.2) is 0 Å². The van der Waals surface area contributed by atoms with Gasteiger partial charge >= 0.3 is 0 Å². The molecule has 0 aliphatic carbocycles.